The van der Waals surface area contributed by atoms with E-state index in [9.17, 15) is 4.79 Å². The summed E-state index contributed by atoms with van der Waals surface area (Å²) in [5, 5.41) is 4.79. The van der Waals surface area contributed by atoms with E-state index in [-0.39, 0.29) is 5.43 Å². The molecule has 0 aliphatic heterocycles. The molecule has 108 valence electrons. The molecule has 3 heterocycles. The zero-order valence-corrected chi connectivity index (χ0v) is 11.8. The molecule has 0 saturated carbocycles. The van der Waals surface area contributed by atoms with E-state index in [4.69, 9.17) is 8.83 Å². The highest BCUT2D eigenvalue weighted by molar-refractivity contribution is 5.92. The van der Waals surface area contributed by atoms with Crippen LogP contribution in [0.4, 0.5) is 11.4 Å². The molecular formula is C17H12N2O3. The average molecular weight is 292 g/mol. The molecule has 0 saturated heterocycles. The number of hydrogen-bond donors (Lipinski definition) is 1. The second kappa shape index (κ2) is 4.73. The van der Waals surface area contributed by atoms with Crippen LogP contribution in [0.5, 0.6) is 0 Å². The number of rotatable bonds is 2. The van der Waals surface area contributed by atoms with Crippen LogP contribution in [0.1, 0.15) is 5.76 Å². The van der Waals surface area contributed by atoms with Crippen molar-refractivity contribution in [3.8, 4) is 0 Å². The molecule has 0 spiro atoms. The predicted molar refractivity (Wildman–Crippen MR) is 84.5 cm³/mol. The van der Waals surface area contributed by atoms with E-state index in [1.165, 1.54) is 6.07 Å². The Morgan fingerprint density at radius 1 is 1.09 bits per heavy atom. The lowest BCUT2D eigenvalue weighted by Crippen LogP contribution is -2.00. The van der Waals surface area contributed by atoms with Crippen molar-refractivity contribution in [2.75, 3.05) is 5.32 Å². The van der Waals surface area contributed by atoms with Gasteiger partial charge in [-0.3, -0.25) is 9.78 Å². The lowest BCUT2D eigenvalue weighted by Gasteiger charge is -2.05. The number of benzene rings is 1. The Morgan fingerprint density at radius 2 is 2.00 bits per heavy atom. The van der Waals surface area contributed by atoms with E-state index < -0.39 is 0 Å². The minimum atomic E-state index is -0.0369. The third kappa shape index (κ3) is 2.03. The highest BCUT2D eigenvalue weighted by Crippen LogP contribution is 2.28. The number of nitrogens with one attached hydrogen (secondary N) is 1. The fourth-order valence-corrected chi connectivity index (χ4v) is 2.49. The van der Waals surface area contributed by atoms with Crippen molar-refractivity contribution in [1.82, 2.24) is 4.98 Å². The van der Waals surface area contributed by atoms with Crippen molar-refractivity contribution >= 4 is 33.3 Å². The molecule has 5 nitrogen and oxygen atoms in total. The summed E-state index contributed by atoms with van der Waals surface area (Å²) in [5.74, 6) is 0.592. The first-order valence-corrected chi connectivity index (χ1v) is 6.83. The van der Waals surface area contributed by atoms with E-state index in [1.54, 1.807) is 31.6 Å². The molecule has 0 aliphatic carbocycles. The minimum absolute atomic E-state index is 0.0369. The number of anilines is 2. The maximum absolute atomic E-state index is 11.9. The van der Waals surface area contributed by atoms with Crippen molar-refractivity contribution < 1.29 is 8.83 Å². The summed E-state index contributed by atoms with van der Waals surface area (Å²) < 4.78 is 11.1. The zero-order valence-electron chi connectivity index (χ0n) is 11.8. The van der Waals surface area contributed by atoms with Crippen LogP contribution < -0.4 is 10.7 Å². The fraction of sp³-hybridized carbons (Fsp3) is 0.0588. The van der Waals surface area contributed by atoms with Crippen molar-refractivity contribution in [2.45, 2.75) is 6.92 Å². The number of aromatic nitrogens is 1. The van der Waals surface area contributed by atoms with Gasteiger partial charge in [0.25, 0.3) is 0 Å². The predicted octanol–water partition coefficient (Wildman–Crippen LogP) is 3.99. The number of hydrogen-bond acceptors (Lipinski definition) is 5. The highest BCUT2D eigenvalue weighted by atomic mass is 16.3. The smallest absolute Gasteiger partial charge is 0.192 e. The van der Waals surface area contributed by atoms with Crippen molar-refractivity contribution in [3.63, 3.8) is 0 Å². The quantitative estimate of drug-likeness (QED) is 0.605. The third-order valence-corrected chi connectivity index (χ3v) is 3.51. The Balaban J connectivity index is 1.80. The van der Waals surface area contributed by atoms with Gasteiger partial charge in [0.2, 0.25) is 0 Å². The van der Waals surface area contributed by atoms with Crippen LogP contribution in [-0.2, 0) is 0 Å². The fourth-order valence-electron chi connectivity index (χ4n) is 2.49. The number of nitrogens with zero attached hydrogens (tertiary/aromatic N) is 1. The van der Waals surface area contributed by atoms with E-state index in [0.717, 1.165) is 16.8 Å². The molecule has 0 amide bonds. The second-order valence-corrected chi connectivity index (χ2v) is 5.08. The zero-order chi connectivity index (χ0) is 15.1. The molecule has 1 aromatic carbocycles. The topological polar surface area (TPSA) is 68.3 Å². The van der Waals surface area contributed by atoms with E-state index in [2.05, 4.69) is 10.3 Å². The Bertz CT molecular complexity index is 1050. The van der Waals surface area contributed by atoms with Crippen LogP contribution in [0.3, 0.4) is 0 Å². The summed E-state index contributed by atoms with van der Waals surface area (Å²) in [4.78, 5) is 15.9. The molecule has 3 aromatic heterocycles. The highest BCUT2D eigenvalue weighted by Gasteiger charge is 2.08. The van der Waals surface area contributed by atoms with Crippen LogP contribution in [0.15, 0.2) is 62.6 Å². The first-order valence-electron chi connectivity index (χ1n) is 6.83. The third-order valence-electron chi connectivity index (χ3n) is 3.51. The second-order valence-electron chi connectivity index (χ2n) is 5.08. The Hall–Kier alpha value is -3.08. The first-order chi connectivity index (χ1) is 10.7. The number of pyridine rings is 1. The summed E-state index contributed by atoms with van der Waals surface area (Å²) in [6.07, 6.45) is 5.03. The monoisotopic (exact) mass is 292 g/mol. The minimum Gasteiger partial charge on any atom is -0.461 e. The molecule has 0 aliphatic rings. The number of furan rings is 1. The molecule has 0 atom stereocenters. The van der Waals surface area contributed by atoms with Crippen molar-refractivity contribution in [3.05, 3.63) is 65.0 Å². The molecule has 22 heavy (non-hydrogen) atoms. The van der Waals surface area contributed by atoms with Gasteiger partial charge in [-0.25, -0.2) is 0 Å². The van der Waals surface area contributed by atoms with E-state index in [0.29, 0.717) is 22.3 Å². The summed E-state index contributed by atoms with van der Waals surface area (Å²) in [6.45, 7) is 1.76. The molecule has 1 N–H and O–H groups in total. The molecule has 5 heteroatoms. The SMILES string of the molecule is Cc1cc(=O)c2ccc(Nc3coc4cnccc34)cc2o1. The van der Waals surface area contributed by atoms with Gasteiger partial charge in [0.1, 0.15) is 17.6 Å². The Morgan fingerprint density at radius 3 is 2.91 bits per heavy atom. The van der Waals surface area contributed by atoms with Crippen LogP contribution in [0, 0.1) is 6.92 Å². The number of fused-ring (bicyclic) bond motifs is 2. The van der Waals surface area contributed by atoms with Crippen LogP contribution in [0.2, 0.25) is 0 Å². The molecule has 0 fully saturated rings. The van der Waals surface area contributed by atoms with Gasteiger partial charge in [-0.05, 0) is 25.1 Å². The van der Waals surface area contributed by atoms with Crippen molar-refractivity contribution in [2.24, 2.45) is 0 Å². The molecular weight excluding hydrogens is 280 g/mol. The number of aryl methyl sites for hydroxylation is 1. The Labute approximate surface area is 125 Å². The van der Waals surface area contributed by atoms with Crippen molar-refractivity contribution in [1.29, 1.82) is 0 Å². The van der Waals surface area contributed by atoms with Gasteiger partial charge >= 0.3 is 0 Å². The summed E-state index contributed by atoms with van der Waals surface area (Å²) in [5.41, 5.74) is 2.90. The van der Waals surface area contributed by atoms with Gasteiger partial charge in [0.05, 0.1) is 17.3 Å². The lowest BCUT2D eigenvalue weighted by atomic mass is 10.2. The normalized spacial score (nSPS) is 11.1. The summed E-state index contributed by atoms with van der Waals surface area (Å²) in [7, 11) is 0. The van der Waals surface area contributed by atoms with Crippen LogP contribution in [-0.4, -0.2) is 4.98 Å². The van der Waals surface area contributed by atoms with E-state index >= 15 is 0 Å². The Kier molecular flexibility index (Phi) is 2.72. The van der Waals surface area contributed by atoms with Gasteiger partial charge in [0, 0.05) is 29.4 Å². The van der Waals surface area contributed by atoms with Gasteiger partial charge in [-0.15, -0.1) is 0 Å². The molecule has 0 unspecified atom stereocenters. The molecule has 0 radical (unpaired) electrons. The largest absolute Gasteiger partial charge is 0.461 e. The summed E-state index contributed by atoms with van der Waals surface area (Å²) in [6, 6.07) is 8.78. The maximum atomic E-state index is 11.9. The van der Waals surface area contributed by atoms with Crippen LogP contribution >= 0.6 is 0 Å². The average Bonchev–Trinajstić information content (AvgIpc) is 2.90. The van der Waals surface area contributed by atoms with Crippen LogP contribution in [0.25, 0.3) is 21.9 Å². The first kappa shape index (κ1) is 12.6. The maximum Gasteiger partial charge on any atom is 0.192 e. The lowest BCUT2D eigenvalue weighted by molar-refractivity contribution is 0.565. The van der Waals surface area contributed by atoms with Gasteiger partial charge in [-0.1, -0.05) is 0 Å². The molecule has 0 bridgehead atoms. The standard InChI is InChI=1S/C17H12N2O3/c1-10-6-15(20)13-3-2-11(7-16(13)22-10)19-14-9-21-17-8-18-5-4-12(14)17/h2-9,19H,1H3. The van der Waals surface area contributed by atoms with Gasteiger partial charge in [-0.2, -0.15) is 0 Å². The van der Waals surface area contributed by atoms with Gasteiger partial charge in [0.15, 0.2) is 11.0 Å². The van der Waals surface area contributed by atoms with E-state index in [1.807, 2.05) is 18.2 Å². The van der Waals surface area contributed by atoms with Gasteiger partial charge < -0.3 is 14.2 Å². The molecule has 4 aromatic rings. The summed E-state index contributed by atoms with van der Waals surface area (Å²) >= 11 is 0. The molecule has 4 rings (SSSR count).